The second kappa shape index (κ2) is 11.2. The monoisotopic (exact) mass is 404 g/mol. The summed E-state index contributed by atoms with van der Waals surface area (Å²) >= 11 is 0. The highest BCUT2D eigenvalue weighted by molar-refractivity contribution is 5.94. The van der Waals surface area contributed by atoms with Crippen LogP contribution in [0.2, 0.25) is 0 Å². The third-order valence-corrected chi connectivity index (χ3v) is 4.39. The fourth-order valence-corrected chi connectivity index (χ4v) is 2.93. The Morgan fingerprint density at radius 3 is 2.41 bits per heavy atom. The van der Waals surface area contributed by atoms with E-state index in [1.807, 2.05) is 30.3 Å². The number of aromatic nitrogens is 1. The molecule has 1 amide bonds. The van der Waals surface area contributed by atoms with Gasteiger partial charge in [-0.15, -0.1) is 0 Å². The zero-order chi connectivity index (χ0) is 21.1. The third kappa shape index (κ3) is 7.54. The van der Waals surface area contributed by atoms with Crippen molar-refractivity contribution in [1.82, 2.24) is 15.2 Å². The number of rotatable bonds is 5. The molecule has 0 bridgehead atoms. The lowest BCUT2D eigenvalue weighted by Crippen LogP contribution is -2.28. The number of amides is 1. The van der Waals surface area contributed by atoms with E-state index in [0.29, 0.717) is 0 Å². The molecule has 1 saturated heterocycles. The summed E-state index contributed by atoms with van der Waals surface area (Å²) in [7, 11) is 0. The highest BCUT2D eigenvalue weighted by Gasteiger charge is 2.33. The Balaban J connectivity index is 0.000000221. The minimum atomic E-state index is -4.50. The molecule has 3 rings (SSSR count). The number of benzene rings is 1. The van der Waals surface area contributed by atoms with Gasteiger partial charge in [0.25, 0.3) is 5.91 Å². The summed E-state index contributed by atoms with van der Waals surface area (Å²) in [5, 5.41) is 11.2. The van der Waals surface area contributed by atoms with E-state index in [-0.39, 0.29) is 5.91 Å². The molecule has 1 aliphatic rings. The van der Waals surface area contributed by atoms with Gasteiger partial charge in [-0.3, -0.25) is 4.79 Å². The molecule has 0 spiro atoms. The number of pyridine rings is 1. The molecule has 1 fully saturated rings. The Morgan fingerprint density at radius 1 is 1.14 bits per heavy atom. The van der Waals surface area contributed by atoms with Crippen molar-refractivity contribution in [2.45, 2.75) is 25.4 Å². The van der Waals surface area contributed by atoms with Gasteiger partial charge in [0.05, 0.1) is 5.56 Å². The number of carbonyl (C=O) groups excluding carboxylic acids is 1. The van der Waals surface area contributed by atoms with Crippen LogP contribution in [0.1, 0.15) is 40.9 Å². The van der Waals surface area contributed by atoms with E-state index in [9.17, 15) is 18.0 Å². The van der Waals surface area contributed by atoms with Crippen molar-refractivity contribution in [3.63, 3.8) is 0 Å². The molecule has 0 radical (unpaired) electrons. The van der Waals surface area contributed by atoms with Gasteiger partial charge in [0.1, 0.15) is 6.07 Å². The van der Waals surface area contributed by atoms with Gasteiger partial charge in [-0.1, -0.05) is 18.2 Å². The van der Waals surface area contributed by atoms with E-state index < -0.39 is 17.4 Å². The van der Waals surface area contributed by atoms with E-state index in [1.54, 1.807) is 0 Å². The van der Waals surface area contributed by atoms with Crippen LogP contribution in [-0.4, -0.2) is 42.0 Å². The van der Waals surface area contributed by atoms with Crippen LogP contribution >= 0.6 is 0 Å². The smallest absolute Gasteiger partial charge is 0.352 e. The Labute approximate surface area is 168 Å². The molecule has 1 N–H and O–H groups in total. The molecule has 0 unspecified atom stereocenters. The quantitative estimate of drug-likeness (QED) is 0.768. The standard InChI is InChI=1S/C14H20N2O.C7H3F3N2/c17-14(13-7-2-1-3-8-13)15-9-6-12-16-10-4-5-11-16;8-7(9,10)5-2-1-3-12-6(5)4-11/h1-3,7-8H,4-6,9-12H2,(H,15,17);1-3H. The first kappa shape index (κ1) is 22.4. The third-order valence-electron chi connectivity index (χ3n) is 4.39. The largest absolute Gasteiger partial charge is 0.419 e. The lowest BCUT2D eigenvalue weighted by Gasteiger charge is -2.14. The van der Waals surface area contributed by atoms with Crippen LogP contribution in [0.5, 0.6) is 0 Å². The Hall–Kier alpha value is -2.92. The summed E-state index contributed by atoms with van der Waals surface area (Å²) in [6, 6.07) is 12.7. The zero-order valence-electron chi connectivity index (χ0n) is 16.0. The summed E-state index contributed by atoms with van der Waals surface area (Å²) in [5.41, 5.74) is -0.842. The van der Waals surface area contributed by atoms with Gasteiger partial charge in [0.15, 0.2) is 5.69 Å². The molecule has 0 atom stereocenters. The molecule has 0 aliphatic carbocycles. The first-order chi connectivity index (χ1) is 13.9. The van der Waals surface area contributed by atoms with Crippen LogP contribution < -0.4 is 5.32 Å². The van der Waals surface area contributed by atoms with Gasteiger partial charge in [0.2, 0.25) is 0 Å². The predicted molar refractivity (Wildman–Crippen MR) is 103 cm³/mol. The summed E-state index contributed by atoms with van der Waals surface area (Å²) < 4.78 is 36.1. The van der Waals surface area contributed by atoms with E-state index in [2.05, 4.69) is 15.2 Å². The molecule has 2 heterocycles. The molecule has 29 heavy (non-hydrogen) atoms. The van der Waals surface area contributed by atoms with Gasteiger partial charge >= 0.3 is 6.18 Å². The molecular formula is C21H23F3N4O. The van der Waals surface area contributed by atoms with Gasteiger partial charge in [-0.05, 0) is 63.2 Å². The van der Waals surface area contributed by atoms with Crippen molar-refractivity contribution >= 4 is 5.91 Å². The van der Waals surface area contributed by atoms with Crippen LogP contribution in [0.25, 0.3) is 0 Å². The minimum Gasteiger partial charge on any atom is -0.352 e. The first-order valence-electron chi connectivity index (χ1n) is 9.39. The maximum Gasteiger partial charge on any atom is 0.419 e. The second-order valence-electron chi connectivity index (χ2n) is 6.53. The van der Waals surface area contributed by atoms with Crippen molar-refractivity contribution in [1.29, 1.82) is 5.26 Å². The van der Waals surface area contributed by atoms with Gasteiger partial charge < -0.3 is 10.2 Å². The second-order valence-corrected chi connectivity index (χ2v) is 6.53. The number of nitrogens with one attached hydrogen (secondary N) is 1. The molecule has 0 saturated carbocycles. The number of hydrogen-bond acceptors (Lipinski definition) is 4. The van der Waals surface area contributed by atoms with Crippen LogP contribution in [0.4, 0.5) is 13.2 Å². The molecule has 2 aromatic rings. The van der Waals surface area contributed by atoms with Crippen molar-refractivity contribution in [3.05, 3.63) is 65.5 Å². The number of halogens is 3. The van der Waals surface area contributed by atoms with Crippen molar-refractivity contribution < 1.29 is 18.0 Å². The fourth-order valence-electron chi connectivity index (χ4n) is 2.93. The lowest BCUT2D eigenvalue weighted by molar-refractivity contribution is -0.138. The minimum absolute atomic E-state index is 0.0343. The van der Waals surface area contributed by atoms with E-state index in [4.69, 9.17) is 5.26 Å². The molecule has 5 nitrogen and oxygen atoms in total. The maximum atomic E-state index is 12.0. The van der Waals surface area contributed by atoms with E-state index >= 15 is 0 Å². The van der Waals surface area contributed by atoms with Gasteiger partial charge in [-0.25, -0.2) is 4.98 Å². The topological polar surface area (TPSA) is 69.0 Å². The van der Waals surface area contributed by atoms with Gasteiger partial charge in [-0.2, -0.15) is 18.4 Å². The van der Waals surface area contributed by atoms with Crippen LogP contribution in [0, 0.1) is 11.3 Å². The predicted octanol–water partition coefficient (Wildman–Crippen LogP) is 3.87. The van der Waals surface area contributed by atoms with Crippen molar-refractivity contribution in [3.8, 4) is 6.07 Å². The lowest BCUT2D eigenvalue weighted by atomic mass is 10.2. The zero-order valence-corrected chi connectivity index (χ0v) is 16.0. The number of hydrogen-bond donors (Lipinski definition) is 1. The number of carbonyl (C=O) groups is 1. The highest BCUT2D eigenvalue weighted by Crippen LogP contribution is 2.30. The van der Waals surface area contributed by atoms with Crippen LogP contribution in [0.15, 0.2) is 48.7 Å². The number of nitrogens with zero attached hydrogens (tertiary/aromatic N) is 3. The summed E-state index contributed by atoms with van der Waals surface area (Å²) in [4.78, 5) is 17.5. The fraction of sp³-hybridized carbons (Fsp3) is 0.381. The Bertz CT molecular complexity index is 813. The average molecular weight is 404 g/mol. The van der Waals surface area contributed by atoms with Crippen LogP contribution in [0.3, 0.4) is 0 Å². The number of alkyl halides is 3. The molecule has 1 aromatic heterocycles. The van der Waals surface area contributed by atoms with E-state index in [1.165, 1.54) is 32.0 Å². The summed E-state index contributed by atoms with van der Waals surface area (Å²) in [6.45, 7) is 4.33. The van der Waals surface area contributed by atoms with Crippen molar-refractivity contribution in [2.24, 2.45) is 0 Å². The molecule has 8 heteroatoms. The first-order valence-corrected chi connectivity index (χ1v) is 9.39. The normalized spacial score (nSPS) is 13.9. The average Bonchev–Trinajstić information content (AvgIpc) is 3.25. The van der Waals surface area contributed by atoms with Crippen LogP contribution in [-0.2, 0) is 6.18 Å². The van der Waals surface area contributed by atoms with Crippen molar-refractivity contribution in [2.75, 3.05) is 26.2 Å². The summed E-state index contributed by atoms with van der Waals surface area (Å²) in [5.74, 6) is 0.0343. The highest BCUT2D eigenvalue weighted by atomic mass is 19.4. The molecule has 1 aromatic carbocycles. The maximum absolute atomic E-state index is 12.0. The number of likely N-dealkylation sites (tertiary alicyclic amines) is 1. The van der Waals surface area contributed by atoms with Gasteiger partial charge in [0, 0.05) is 18.3 Å². The van der Waals surface area contributed by atoms with E-state index in [0.717, 1.165) is 43.4 Å². The Kier molecular flexibility index (Phi) is 8.62. The SMILES string of the molecule is N#Cc1ncccc1C(F)(F)F.O=C(NCCCN1CCCC1)c1ccccc1. The summed E-state index contributed by atoms with van der Waals surface area (Å²) in [6.07, 6.45) is 0.346. The molecule has 154 valence electrons. The molecular weight excluding hydrogens is 381 g/mol. The molecule has 1 aliphatic heterocycles. The number of nitriles is 1. The Morgan fingerprint density at radius 2 is 1.83 bits per heavy atom.